The van der Waals surface area contributed by atoms with E-state index in [1.807, 2.05) is 0 Å². The quantitative estimate of drug-likeness (QED) is 0.421. The summed E-state index contributed by atoms with van der Waals surface area (Å²) in [5.74, 6) is -0.256. The summed E-state index contributed by atoms with van der Waals surface area (Å²) in [6.45, 7) is 0.770. The van der Waals surface area contributed by atoms with E-state index >= 15 is 0 Å². The Hall–Kier alpha value is -2.95. The van der Waals surface area contributed by atoms with E-state index in [0.29, 0.717) is 35.1 Å². The second-order valence-corrected chi connectivity index (χ2v) is 7.05. The Labute approximate surface area is 168 Å². The van der Waals surface area contributed by atoms with E-state index in [2.05, 4.69) is 20.6 Å². The number of imide groups is 1. The van der Waals surface area contributed by atoms with Crippen LogP contribution in [0.25, 0.3) is 0 Å². The lowest BCUT2D eigenvalue weighted by molar-refractivity contribution is -0.140. The number of halogens is 3. The third-order valence-electron chi connectivity index (χ3n) is 4.20. The summed E-state index contributed by atoms with van der Waals surface area (Å²) in [4.78, 5) is 33.3. The van der Waals surface area contributed by atoms with Crippen LogP contribution in [0.15, 0.2) is 34.6 Å². The maximum Gasteiger partial charge on any atom is 0.434 e. The fraction of sp³-hybridized carbons (Fsp3) is 0.333. The van der Waals surface area contributed by atoms with Crippen LogP contribution >= 0.6 is 11.3 Å². The van der Waals surface area contributed by atoms with Crippen molar-refractivity contribution >= 4 is 29.1 Å². The van der Waals surface area contributed by atoms with Gasteiger partial charge in [-0.15, -0.1) is 11.3 Å². The van der Waals surface area contributed by atoms with Crippen molar-refractivity contribution in [2.24, 2.45) is 4.99 Å². The Balaban J connectivity index is 1.44. The Kier molecular flexibility index (Phi) is 6.16. The smallest absolute Gasteiger partial charge is 0.356 e. The molecular formula is C18H18F3N5O2S. The zero-order chi connectivity index (χ0) is 21.0. The van der Waals surface area contributed by atoms with Gasteiger partial charge < -0.3 is 10.6 Å². The molecule has 11 heteroatoms. The van der Waals surface area contributed by atoms with Crippen LogP contribution in [0.3, 0.4) is 0 Å². The van der Waals surface area contributed by atoms with Crippen LogP contribution in [0.5, 0.6) is 0 Å². The van der Waals surface area contributed by atoms with Crippen molar-refractivity contribution in [2.45, 2.75) is 12.6 Å². The van der Waals surface area contributed by atoms with Gasteiger partial charge in [-0.1, -0.05) is 12.1 Å². The van der Waals surface area contributed by atoms with Crippen LogP contribution in [0.4, 0.5) is 13.2 Å². The first-order valence-electron chi connectivity index (χ1n) is 8.72. The van der Waals surface area contributed by atoms with E-state index in [1.165, 1.54) is 4.90 Å². The molecule has 7 nitrogen and oxygen atoms in total. The number of thiazole rings is 1. The number of hydrogen-bond donors (Lipinski definition) is 2. The Morgan fingerprint density at radius 3 is 2.31 bits per heavy atom. The van der Waals surface area contributed by atoms with Crippen molar-refractivity contribution in [3.8, 4) is 0 Å². The summed E-state index contributed by atoms with van der Waals surface area (Å²) < 4.78 is 37.7. The van der Waals surface area contributed by atoms with Gasteiger partial charge in [-0.05, 0) is 12.1 Å². The molecule has 0 radical (unpaired) electrons. The minimum Gasteiger partial charge on any atom is -0.356 e. The van der Waals surface area contributed by atoms with Crippen LogP contribution in [-0.4, -0.2) is 54.3 Å². The number of benzene rings is 1. The molecule has 2 amide bonds. The van der Waals surface area contributed by atoms with E-state index in [1.54, 1.807) is 31.3 Å². The number of carbonyl (C=O) groups excluding carboxylic acids is 2. The monoisotopic (exact) mass is 425 g/mol. The molecular weight excluding hydrogens is 407 g/mol. The molecule has 2 N–H and O–H groups in total. The molecule has 3 rings (SSSR count). The lowest BCUT2D eigenvalue weighted by Crippen LogP contribution is -2.43. The molecule has 0 unspecified atom stereocenters. The van der Waals surface area contributed by atoms with Gasteiger partial charge in [0.15, 0.2) is 11.7 Å². The lowest BCUT2D eigenvalue weighted by Gasteiger charge is -2.16. The highest BCUT2D eigenvalue weighted by Crippen LogP contribution is 2.30. The van der Waals surface area contributed by atoms with Crippen LogP contribution in [0, 0.1) is 0 Å². The molecule has 2 heterocycles. The number of guanidine groups is 1. The van der Waals surface area contributed by atoms with Crippen LogP contribution in [0.2, 0.25) is 0 Å². The Bertz CT molecular complexity index is 907. The molecule has 0 saturated heterocycles. The number of alkyl halides is 3. The topological polar surface area (TPSA) is 86.7 Å². The summed E-state index contributed by atoms with van der Waals surface area (Å²) in [6.07, 6.45) is -4.14. The summed E-state index contributed by atoms with van der Waals surface area (Å²) in [5, 5.41) is 7.30. The van der Waals surface area contributed by atoms with E-state index in [0.717, 1.165) is 16.7 Å². The highest BCUT2D eigenvalue weighted by Gasteiger charge is 2.35. The van der Waals surface area contributed by atoms with Gasteiger partial charge in [0, 0.05) is 38.5 Å². The molecule has 0 fully saturated rings. The maximum atomic E-state index is 12.6. The van der Waals surface area contributed by atoms with Crippen molar-refractivity contribution in [1.82, 2.24) is 20.5 Å². The molecule has 0 spiro atoms. The third kappa shape index (κ3) is 4.73. The molecule has 0 atom stereocenters. The fourth-order valence-electron chi connectivity index (χ4n) is 2.79. The van der Waals surface area contributed by atoms with E-state index < -0.39 is 11.9 Å². The average Bonchev–Trinajstić information content (AvgIpc) is 3.26. The molecule has 29 heavy (non-hydrogen) atoms. The molecule has 2 aromatic rings. The molecule has 1 aromatic carbocycles. The SMILES string of the molecule is CN=C(NCCc1nc(C(F)(F)F)cs1)NCCN1C(=O)c2ccccc2C1=O. The molecule has 0 saturated carbocycles. The van der Waals surface area contributed by atoms with Crippen LogP contribution in [0.1, 0.15) is 31.4 Å². The highest BCUT2D eigenvalue weighted by molar-refractivity contribution is 7.09. The zero-order valence-electron chi connectivity index (χ0n) is 15.4. The van der Waals surface area contributed by atoms with Crippen molar-refractivity contribution in [3.05, 3.63) is 51.5 Å². The number of aromatic nitrogens is 1. The number of nitrogens with one attached hydrogen (secondary N) is 2. The third-order valence-corrected chi connectivity index (χ3v) is 5.11. The van der Waals surface area contributed by atoms with Gasteiger partial charge in [0.05, 0.1) is 16.1 Å². The minimum absolute atomic E-state index is 0.161. The van der Waals surface area contributed by atoms with Crippen LogP contribution in [-0.2, 0) is 12.6 Å². The van der Waals surface area contributed by atoms with Crippen molar-refractivity contribution < 1.29 is 22.8 Å². The molecule has 0 aliphatic carbocycles. The van der Waals surface area contributed by atoms with E-state index in [4.69, 9.17) is 0 Å². The fourth-order valence-corrected chi connectivity index (χ4v) is 3.60. The van der Waals surface area contributed by atoms with Crippen LogP contribution < -0.4 is 10.6 Å². The number of hydrogen-bond acceptors (Lipinski definition) is 5. The van der Waals surface area contributed by atoms with E-state index in [9.17, 15) is 22.8 Å². The first-order chi connectivity index (χ1) is 13.8. The minimum atomic E-state index is -4.44. The number of amides is 2. The van der Waals surface area contributed by atoms with Gasteiger partial charge >= 0.3 is 6.18 Å². The first-order valence-corrected chi connectivity index (χ1v) is 9.60. The Morgan fingerprint density at radius 1 is 1.14 bits per heavy atom. The molecule has 0 bridgehead atoms. The van der Waals surface area contributed by atoms with Gasteiger partial charge in [-0.3, -0.25) is 19.5 Å². The normalized spacial score (nSPS) is 14.3. The van der Waals surface area contributed by atoms with Gasteiger partial charge in [-0.25, -0.2) is 4.98 Å². The number of fused-ring (bicyclic) bond motifs is 1. The molecule has 1 aromatic heterocycles. The van der Waals surface area contributed by atoms with Crippen molar-refractivity contribution in [2.75, 3.05) is 26.7 Å². The lowest BCUT2D eigenvalue weighted by atomic mass is 10.1. The highest BCUT2D eigenvalue weighted by atomic mass is 32.1. The van der Waals surface area contributed by atoms with Gasteiger partial charge in [0.1, 0.15) is 0 Å². The number of aliphatic imine (C=N–C) groups is 1. The predicted octanol–water partition coefficient (Wildman–Crippen LogP) is 2.17. The second-order valence-electron chi connectivity index (χ2n) is 6.11. The molecule has 1 aliphatic heterocycles. The number of nitrogens with zero attached hydrogens (tertiary/aromatic N) is 3. The first kappa shape index (κ1) is 20.8. The Morgan fingerprint density at radius 2 is 1.76 bits per heavy atom. The molecule has 1 aliphatic rings. The predicted molar refractivity (Wildman–Crippen MR) is 102 cm³/mol. The number of carbonyl (C=O) groups is 2. The van der Waals surface area contributed by atoms with Gasteiger partial charge in [0.2, 0.25) is 0 Å². The zero-order valence-corrected chi connectivity index (χ0v) is 16.2. The summed E-state index contributed by atoms with van der Waals surface area (Å²) in [6, 6.07) is 6.65. The molecule has 154 valence electrons. The summed E-state index contributed by atoms with van der Waals surface area (Å²) in [5.41, 5.74) is -0.107. The second kappa shape index (κ2) is 8.60. The number of rotatable bonds is 6. The summed E-state index contributed by atoms with van der Waals surface area (Å²) >= 11 is 0.952. The van der Waals surface area contributed by atoms with E-state index in [-0.39, 0.29) is 24.9 Å². The largest absolute Gasteiger partial charge is 0.434 e. The maximum absolute atomic E-state index is 12.6. The summed E-state index contributed by atoms with van der Waals surface area (Å²) in [7, 11) is 1.54. The van der Waals surface area contributed by atoms with Gasteiger partial charge in [0.25, 0.3) is 11.8 Å². The van der Waals surface area contributed by atoms with Gasteiger partial charge in [-0.2, -0.15) is 13.2 Å². The van der Waals surface area contributed by atoms with Crippen molar-refractivity contribution in [1.29, 1.82) is 0 Å². The average molecular weight is 425 g/mol. The standard InChI is InChI=1S/C18H18F3N5O2S/c1-22-17(23-7-6-14-25-13(10-29-14)18(19,20)21)24-8-9-26-15(27)11-4-2-3-5-12(11)16(26)28/h2-5,10H,6-9H2,1H3,(H2,22,23,24). The van der Waals surface area contributed by atoms with Crippen molar-refractivity contribution in [3.63, 3.8) is 0 Å².